The Balaban J connectivity index is 1.67. The summed E-state index contributed by atoms with van der Waals surface area (Å²) in [6, 6.07) is 5.02. The predicted octanol–water partition coefficient (Wildman–Crippen LogP) is 3.28. The number of rotatable bonds is 2. The zero-order valence-electron chi connectivity index (χ0n) is 11.8. The van der Waals surface area contributed by atoms with Crippen molar-refractivity contribution in [3.05, 3.63) is 23.9 Å². The van der Waals surface area contributed by atoms with Gasteiger partial charge in [0, 0.05) is 25.3 Å². The molecule has 2 aliphatic rings. The van der Waals surface area contributed by atoms with Crippen LogP contribution in [0, 0.1) is 0 Å². The van der Waals surface area contributed by atoms with Gasteiger partial charge in [-0.2, -0.15) is 0 Å². The third-order valence-electron chi connectivity index (χ3n) is 4.41. The van der Waals surface area contributed by atoms with Gasteiger partial charge in [0.25, 0.3) is 0 Å². The molecule has 0 radical (unpaired) electrons. The van der Waals surface area contributed by atoms with Crippen LogP contribution in [0.15, 0.2) is 18.3 Å². The average Bonchev–Trinajstić information content (AvgIpc) is 2.77. The molecule has 1 aromatic rings. The summed E-state index contributed by atoms with van der Waals surface area (Å²) >= 11 is 0. The molecule has 2 aliphatic heterocycles. The highest BCUT2D eigenvalue weighted by Crippen LogP contribution is 2.24. The molecule has 2 saturated heterocycles. The standard InChI is InChI=1S/C16H25N3/c1-2-6-12-19(11-5-1)16-9-8-14(13-18-16)15-7-3-4-10-17-15/h8-9,13,15,17H,1-7,10-12H2/t15-/m0/s1. The lowest BCUT2D eigenvalue weighted by Crippen LogP contribution is -2.27. The molecule has 0 amide bonds. The minimum atomic E-state index is 0.527. The maximum Gasteiger partial charge on any atom is 0.128 e. The van der Waals surface area contributed by atoms with Gasteiger partial charge in [-0.3, -0.25) is 0 Å². The molecule has 2 fully saturated rings. The lowest BCUT2D eigenvalue weighted by atomic mass is 9.99. The number of nitrogens with one attached hydrogen (secondary N) is 1. The summed E-state index contributed by atoms with van der Waals surface area (Å²) in [5, 5.41) is 3.59. The van der Waals surface area contributed by atoms with E-state index in [0.29, 0.717) is 6.04 Å². The zero-order valence-corrected chi connectivity index (χ0v) is 11.8. The molecule has 0 aliphatic carbocycles. The van der Waals surface area contributed by atoms with Crippen molar-refractivity contribution in [1.29, 1.82) is 0 Å². The van der Waals surface area contributed by atoms with Crippen LogP contribution in [0.2, 0.25) is 0 Å². The van der Waals surface area contributed by atoms with Gasteiger partial charge in [-0.1, -0.05) is 25.3 Å². The highest BCUT2D eigenvalue weighted by atomic mass is 15.2. The molecule has 3 heteroatoms. The molecule has 0 aromatic carbocycles. The summed E-state index contributed by atoms with van der Waals surface area (Å²) < 4.78 is 0. The van der Waals surface area contributed by atoms with E-state index in [2.05, 4.69) is 28.5 Å². The lowest BCUT2D eigenvalue weighted by Gasteiger charge is -2.25. The molecular formula is C16H25N3. The van der Waals surface area contributed by atoms with E-state index >= 15 is 0 Å². The fourth-order valence-electron chi connectivity index (χ4n) is 3.23. The molecular weight excluding hydrogens is 234 g/mol. The molecule has 3 nitrogen and oxygen atoms in total. The Morgan fingerprint density at radius 3 is 2.47 bits per heavy atom. The monoisotopic (exact) mass is 259 g/mol. The number of anilines is 1. The summed E-state index contributed by atoms with van der Waals surface area (Å²) in [6.07, 6.45) is 11.4. The Labute approximate surface area is 116 Å². The first-order chi connectivity index (χ1) is 9.43. The Morgan fingerprint density at radius 1 is 1.00 bits per heavy atom. The van der Waals surface area contributed by atoms with Crippen LogP contribution in [0.1, 0.15) is 56.6 Å². The number of nitrogens with zero attached hydrogens (tertiary/aromatic N) is 2. The van der Waals surface area contributed by atoms with Crippen LogP contribution in [0.5, 0.6) is 0 Å². The first-order valence-corrected chi connectivity index (χ1v) is 7.88. The number of pyridine rings is 1. The summed E-state index contributed by atoms with van der Waals surface area (Å²) in [4.78, 5) is 7.15. The Kier molecular flexibility index (Phi) is 4.34. The van der Waals surface area contributed by atoms with Crippen molar-refractivity contribution < 1.29 is 0 Å². The molecule has 104 valence electrons. The van der Waals surface area contributed by atoms with E-state index in [1.807, 2.05) is 0 Å². The third kappa shape index (κ3) is 3.27. The van der Waals surface area contributed by atoms with Gasteiger partial charge >= 0.3 is 0 Å². The van der Waals surface area contributed by atoms with Crippen LogP contribution in [0.25, 0.3) is 0 Å². The van der Waals surface area contributed by atoms with Gasteiger partial charge in [0.2, 0.25) is 0 Å². The molecule has 0 unspecified atom stereocenters. The smallest absolute Gasteiger partial charge is 0.128 e. The Hall–Kier alpha value is -1.09. The molecule has 1 atom stereocenters. The van der Waals surface area contributed by atoms with Gasteiger partial charge in [0.05, 0.1) is 0 Å². The Bertz CT molecular complexity index is 373. The maximum atomic E-state index is 4.71. The molecule has 0 saturated carbocycles. The van der Waals surface area contributed by atoms with Crippen molar-refractivity contribution >= 4 is 5.82 Å². The highest BCUT2D eigenvalue weighted by molar-refractivity contribution is 5.40. The van der Waals surface area contributed by atoms with Crippen LogP contribution in [0.3, 0.4) is 0 Å². The fraction of sp³-hybridized carbons (Fsp3) is 0.688. The first-order valence-electron chi connectivity index (χ1n) is 7.88. The summed E-state index contributed by atoms with van der Waals surface area (Å²) in [5.74, 6) is 1.17. The van der Waals surface area contributed by atoms with E-state index in [-0.39, 0.29) is 0 Å². The second-order valence-electron chi connectivity index (χ2n) is 5.85. The van der Waals surface area contributed by atoms with Gasteiger partial charge in [-0.05, 0) is 43.9 Å². The normalized spacial score (nSPS) is 25.1. The van der Waals surface area contributed by atoms with Crippen molar-refractivity contribution in [3.8, 4) is 0 Å². The van der Waals surface area contributed by atoms with Crippen LogP contribution in [0.4, 0.5) is 5.82 Å². The van der Waals surface area contributed by atoms with E-state index in [4.69, 9.17) is 4.98 Å². The average molecular weight is 259 g/mol. The van der Waals surface area contributed by atoms with Crippen LogP contribution in [-0.2, 0) is 0 Å². The quantitative estimate of drug-likeness (QED) is 0.883. The Morgan fingerprint density at radius 2 is 1.84 bits per heavy atom. The minimum Gasteiger partial charge on any atom is -0.357 e. The zero-order chi connectivity index (χ0) is 12.9. The van der Waals surface area contributed by atoms with Crippen molar-refractivity contribution in [2.75, 3.05) is 24.5 Å². The van der Waals surface area contributed by atoms with Gasteiger partial charge in [0.1, 0.15) is 5.82 Å². The van der Waals surface area contributed by atoms with Gasteiger partial charge in [0.15, 0.2) is 0 Å². The van der Waals surface area contributed by atoms with Crippen molar-refractivity contribution in [2.45, 2.75) is 51.0 Å². The molecule has 0 bridgehead atoms. The van der Waals surface area contributed by atoms with Gasteiger partial charge in [-0.25, -0.2) is 4.98 Å². The summed E-state index contributed by atoms with van der Waals surface area (Å²) in [7, 11) is 0. The maximum absolute atomic E-state index is 4.71. The summed E-state index contributed by atoms with van der Waals surface area (Å²) in [5.41, 5.74) is 1.36. The fourth-order valence-corrected chi connectivity index (χ4v) is 3.23. The van der Waals surface area contributed by atoms with Gasteiger partial charge in [-0.15, -0.1) is 0 Å². The van der Waals surface area contributed by atoms with Crippen LogP contribution in [-0.4, -0.2) is 24.6 Å². The van der Waals surface area contributed by atoms with Crippen molar-refractivity contribution in [2.24, 2.45) is 0 Å². The molecule has 1 aromatic heterocycles. The molecule has 3 rings (SSSR count). The third-order valence-corrected chi connectivity index (χ3v) is 4.41. The number of piperidine rings is 1. The highest BCUT2D eigenvalue weighted by Gasteiger charge is 2.16. The van der Waals surface area contributed by atoms with E-state index < -0.39 is 0 Å². The SMILES string of the molecule is c1cc(N2CCCCCC2)ncc1[C@@H]1CCCCN1. The number of hydrogen-bond acceptors (Lipinski definition) is 3. The predicted molar refractivity (Wildman–Crippen MR) is 79.5 cm³/mol. The van der Waals surface area contributed by atoms with Gasteiger partial charge < -0.3 is 10.2 Å². The molecule has 3 heterocycles. The topological polar surface area (TPSA) is 28.2 Å². The summed E-state index contributed by atoms with van der Waals surface area (Å²) in [6.45, 7) is 3.50. The van der Waals surface area contributed by atoms with Crippen molar-refractivity contribution in [3.63, 3.8) is 0 Å². The van der Waals surface area contributed by atoms with E-state index in [9.17, 15) is 0 Å². The minimum absolute atomic E-state index is 0.527. The molecule has 0 spiro atoms. The van der Waals surface area contributed by atoms with E-state index in [1.54, 1.807) is 0 Å². The number of hydrogen-bond donors (Lipinski definition) is 1. The number of aromatic nitrogens is 1. The van der Waals surface area contributed by atoms with E-state index in [0.717, 1.165) is 6.54 Å². The van der Waals surface area contributed by atoms with Crippen molar-refractivity contribution in [1.82, 2.24) is 10.3 Å². The first kappa shape index (κ1) is 12.9. The second kappa shape index (κ2) is 6.38. The lowest BCUT2D eigenvalue weighted by molar-refractivity contribution is 0.411. The molecule has 1 N–H and O–H groups in total. The van der Waals surface area contributed by atoms with Crippen LogP contribution < -0.4 is 10.2 Å². The van der Waals surface area contributed by atoms with E-state index in [1.165, 1.54) is 69.4 Å². The molecule has 19 heavy (non-hydrogen) atoms. The second-order valence-corrected chi connectivity index (χ2v) is 5.85. The van der Waals surface area contributed by atoms with Crippen LogP contribution >= 0.6 is 0 Å². The largest absolute Gasteiger partial charge is 0.357 e.